The van der Waals surface area contributed by atoms with Gasteiger partial charge in [-0.3, -0.25) is 0 Å². The lowest BCUT2D eigenvalue weighted by Crippen LogP contribution is -2.25. The number of carbonyl (C=O) groups is 1. The summed E-state index contributed by atoms with van der Waals surface area (Å²) in [5.41, 5.74) is 4.54. The molecule has 1 aliphatic rings. The van der Waals surface area contributed by atoms with E-state index in [9.17, 15) is 9.90 Å². The molecule has 1 atom stereocenters. The Bertz CT molecular complexity index is 856. The molecular formula is C20H22N2O3. The van der Waals surface area contributed by atoms with Gasteiger partial charge in [-0.25, -0.2) is 9.78 Å². The number of aliphatic carboxylic acids is 1. The zero-order valence-electron chi connectivity index (χ0n) is 14.8. The number of anilines is 1. The highest BCUT2D eigenvalue weighted by atomic mass is 16.5. The van der Waals surface area contributed by atoms with Crippen LogP contribution in [0.15, 0.2) is 47.8 Å². The molecule has 1 unspecified atom stereocenters. The van der Waals surface area contributed by atoms with Gasteiger partial charge in [-0.2, -0.15) is 0 Å². The fourth-order valence-corrected chi connectivity index (χ4v) is 3.29. The number of carboxylic acid groups (broad SMARTS) is 1. The molecule has 1 aliphatic heterocycles. The molecule has 0 radical (unpaired) electrons. The Morgan fingerprint density at radius 2 is 1.96 bits per heavy atom. The van der Waals surface area contributed by atoms with E-state index in [-0.39, 0.29) is 6.10 Å². The molecule has 0 aliphatic carbocycles. The zero-order valence-corrected chi connectivity index (χ0v) is 14.8. The SMILES string of the molecule is CC1=C(C(=O)O)C(c2ccccc2C)c2c(ccnc2OC(C)C)N1. The molecule has 5 nitrogen and oxygen atoms in total. The number of benzene rings is 1. The van der Waals surface area contributed by atoms with E-state index in [0.29, 0.717) is 17.2 Å². The number of rotatable bonds is 4. The maximum absolute atomic E-state index is 12.0. The second-order valence-electron chi connectivity index (χ2n) is 6.50. The van der Waals surface area contributed by atoms with Crippen LogP contribution in [0.5, 0.6) is 5.88 Å². The van der Waals surface area contributed by atoms with Crippen molar-refractivity contribution in [3.63, 3.8) is 0 Å². The minimum Gasteiger partial charge on any atom is -0.478 e. The monoisotopic (exact) mass is 338 g/mol. The van der Waals surface area contributed by atoms with Gasteiger partial charge >= 0.3 is 5.97 Å². The van der Waals surface area contributed by atoms with Crippen LogP contribution in [0, 0.1) is 6.92 Å². The summed E-state index contributed by atoms with van der Waals surface area (Å²) in [6.45, 7) is 7.64. The van der Waals surface area contributed by atoms with Gasteiger partial charge < -0.3 is 15.2 Å². The molecule has 25 heavy (non-hydrogen) atoms. The van der Waals surface area contributed by atoms with Gasteiger partial charge in [0.1, 0.15) is 0 Å². The number of ether oxygens (including phenoxy) is 1. The third kappa shape index (κ3) is 3.09. The highest BCUT2D eigenvalue weighted by Crippen LogP contribution is 2.46. The first kappa shape index (κ1) is 17.0. The van der Waals surface area contributed by atoms with Gasteiger partial charge in [0.2, 0.25) is 5.88 Å². The molecule has 0 spiro atoms. The summed E-state index contributed by atoms with van der Waals surface area (Å²) in [6.07, 6.45) is 1.62. The first-order valence-corrected chi connectivity index (χ1v) is 8.32. The van der Waals surface area contributed by atoms with Gasteiger partial charge in [-0.05, 0) is 44.9 Å². The average molecular weight is 338 g/mol. The van der Waals surface area contributed by atoms with Crippen LogP contribution in [-0.4, -0.2) is 22.2 Å². The van der Waals surface area contributed by atoms with Crippen LogP contribution in [0.25, 0.3) is 0 Å². The normalized spacial score (nSPS) is 16.4. The molecule has 0 saturated heterocycles. The minimum atomic E-state index is -0.941. The van der Waals surface area contributed by atoms with Gasteiger partial charge in [0.25, 0.3) is 0 Å². The van der Waals surface area contributed by atoms with Gasteiger partial charge in [0.15, 0.2) is 0 Å². The first-order chi connectivity index (χ1) is 11.9. The van der Waals surface area contributed by atoms with Crippen LogP contribution in [0.1, 0.15) is 43.4 Å². The summed E-state index contributed by atoms with van der Waals surface area (Å²) < 4.78 is 5.90. The van der Waals surface area contributed by atoms with E-state index in [0.717, 1.165) is 22.4 Å². The third-order valence-electron chi connectivity index (χ3n) is 4.33. The Morgan fingerprint density at radius 1 is 1.24 bits per heavy atom. The van der Waals surface area contributed by atoms with Crippen molar-refractivity contribution in [1.29, 1.82) is 0 Å². The molecule has 2 aromatic rings. The third-order valence-corrected chi connectivity index (χ3v) is 4.33. The lowest BCUT2D eigenvalue weighted by atomic mass is 9.79. The van der Waals surface area contributed by atoms with Gasteiger partial charge in [-0.15, -0.1) is 0 Å². The number of nitrogens with one attached hydrogen (secondary N) is 1. The van der Waals surface area contributed by atoms with Crippen molar-refractivity contribution in [2.45, 2.75) is 39.7 Å². The fourth-order valence-electron chi connectivity index (χ4n) is 3.29. The average Bonchev–Trinajstić information content (AvgIpc) is 2.53. The molecule has 130 valence electrons. The lowest BCUT2D eigenvalue weighted by molar-refractivity contribution is -0.132. The molecule has 0 bridgehead atoms. The van der Waals surface area contributed by atoms with Crippen molar-refractivity contribution in [3.05, 3.63) is 64.5 Å². The first-order valence-electron chi connectivity index (χ1n) is 8.32. The summed E-state index contributed by atoms with van der Waals surface area (Å²) in [7, 11) is 0. The highest BCUT2D eigenvalue weighted by Gasteiger charge is 2.36. The molecule has 1 aromatic carbocycles. The molecule has 1 aromatic heterocycles. The quantitative estimate of drug-likeness (QED) is 0.878. The number of nitrogens with zero attached hydrogens (tertiary/aromatic N) is 1. The van der Waals surface area contributed by atoms with Crippen molar-refractivity contribution in [3.8, 4) is 5.88 Å². The zero-order chi connectivity index (χ0) is 18.1. The fraction of sp³-hybridized carbons (Fsp3) is 0.300. The van der Waals surface area contributed by atoms with E-state index < -0.39 is 11.9 Å². The summed E-state index contributed by atoms with van der Waals surface area (Å²) in [4.78, 5) is 16.4. The summed E-state index contributed by atoms with van der Waals surface area (Å²) in [5, 5.41) is 13.1. The van der Waals surface area contributed by atoms with E-state index in [1.54, 1.807) is 13.1 Å². The Balaban J connectivity index is 2.29. The predicted molar refractivity (Wildman–Crippen MR) is 97.0 cm³/mol. The number of fused-ring (bicyclic) bond motifs is 1. The molecule has 3 rings (SSSR count). The summed E-state index contributed by atoms with van der Waals surface area (Å²) >= 11 is 0. The van der Waals surface area contributed by atoms with Crippen molar-refractivity contribution in [2.24, 2.45) is 0 Å². The summed E-state index contributed by atoms with van der Waals surface area (Å²) in [5.74, 6) is -0.903. The topological polar surface area (TPSA) is 71.5 Å². The Kier molecular flexibility index (Phi) is 4.49. The number of aromatic nitrogens is 1. The second kappa shape index (κ2) is 6.59. The molecule has 5 heteroatoms. The van der Waals surface area contributed by atoms with Crippen LogP contribution in [0.3, 0.4) is 0 Å². The molecule has 0 saturated carbocycles. The highest BCUT2D eigenvalue weighted by molar-refractivity contribution is 5.93. The molecule has 0 fully saturated rings. The second-order valence-corrected chi connectivity index (χ2v) is 6.50. The van der Waals surface area contributed by atoms with Crippen molar-refractivity contribution >= 4 is 11.7 Å². The van der Waals surface area contributed by atoms with E-state index in [1.165, 1.54) is 0 Å². The maximum Gasteiger partial charge on any atom is 0.334 e. The molecule has 2 N–H and O–H groups in total. The smallest absolute Gasteiger partial charge is 0.334 e. The Morgan fingerprint density at radius 3 is 2.60 bits per heavy atom. The number of hydrogen-bond acceptors (Lipinski definition) is 4. The van der Waals surface area contributed by atoms with Crippen LogP contribution in [-0.2, 0) is 4.79 Å². The molecule has 2 heterocycles. The van der Waals surface area contributed by atoms with Gasteiger partial charge in [0.05, 0.1) is 17.6 Å². The Labute approximate surface area is 147 Å². The van der Waals surface area contributed by atoms with Crippen LogP contribution >= 0.6 is 0 Å². The van der Waals surface area contributed by atoms with Crippen molar-refractivity contribution in [2.75, 3.05) is 5.32 Å². The number of carboxylic acids is 1. The predicted octanol–water partition coefficient (Wildman–Crippen LogP) is 4.09. The van der Waals surface area contributed by atoms with Crippen LogP contribution in [0.2, 0.25) is 0 Å². The van der Waals surface area contributed by atoms with E-state index in [2.05, 4.69) is 10.3 Å². The van der Waals surface area contributed by atoms with Gasteiger partial charge in [-0.1, -0.05) is 24.3 Å². The Hall–Kier alpha value is -2.82. The number of pyridine rings is 1. The molecular weight excluding hydrogens is 316 g/mol. The van der Waals surface area contributed by atoms with Crippen molar-refractivity contribution < 1.29 is 14.6 Å². The van der Waals surface area contributed by atoms with Gasteiger partial charge in [0, 0.05) is 23.1 Å². The van der Waals surface area contributed by atoms with E-state index in [1.807, 2.05) is 51.1 Å². The minimum absolute atomic E-state index is 0.0585. The lowest BCUT2D eigenvalue weighted by Gasteiger charge is -2.31. The maximum atomic E-state index is 12.0. The van der Waals surface area contributed by atoms with Crippen molar-refractivity contribution in [1.82, 2.24) is 4.98 Å². The number of allylic oxidation sites excluding steroid dienone is 1. The van der Waals surface area contributed by atoms with Crippen LogP contribution < -0.4 is 10.1 Å². The van der Waals surface area contributed by atoms with Crippen LogP contribution in [0.4, 0.5) is 5.69 Å². The number of aryl methyl sites for hydroxylation is 1. The number of hydrogen-bond donors (Lipinski definition) is 2. The largest absolute Gasteiger partial charge is 0.478 e. The summed E-state index contributed by atoms with van der Waals surface area (Å²) in [6, 6.07) is 9.70. The molecule has 0 amide bonds. The van der Waals surface area contributed by atoms with E-state index in [4.69, 9.17) is 4.74 Å². The van der Waals surface area contributed by atoms with E-state index >= 15 is 0 Å². The standard InChI is InChI=1S/C20H22N2O3/c1-11(2)25-19-18-15(9-10-21-19)22-13(4)16(20(23)24)17(18)14-8-6-5-7-12(14)3/h5-11,17,22H,1-4H3,(H,23,24).